The molecular weight excluding hydrogens is 212 g/mol. The summed E-state index contributed by atoms with van der Waals surface area (Å²) in [5.74, 6) is 1.67. The van der Waals surface area contributed by atoms with Gasteiger partial charge in [0.15, 0.2) is 0 Å². The molecule has 0 radical (unpaired) electrons. The average Bonchev–Trinajstić information content (AvgIpc) is 2.61. The molecule has 16 heavy (non-hydrogen) atoms. The quantitative estimate of drug-likeness (QED) is 0.476. The van der Waals surface area contributed by atoms with E-state index < -0.39 is 0 Å². The number of hydrogen-bond donors (Lipinski definition) is 0. The largest absolute Gasteiger partial charge is 0.152 e. The monoisotopic (exact) mass is 246 g/mol. The minimum atomic E-state index is 0. The fraction of sp³-hybridized carbons (Fsp3) is 0.733. The van der Waals surface area contributed by atoms with Crippen molar-refractivity contribution in [1.29, 1.82) is 0 Å². The van der Waals surface area contributed by atoms with E-state index in [1.165, 1.54) is 0 Å². The van der Waals surface area contributed by atoms with Gasteiger partial charge in [0, 0.05) is 0 Å². The van der Waals surface area contributed by atoms with E-state index >= 15 is 0 Å². The van der Waals surface area contributed by atoms with E-state index in [4.69, 9.17) is 0 Å². The van der Waals surface area contributed by atoms with Gasteiger partial charge in [-0.05, 0) is 22.6 Å². The molecule has 0 aromatic carbocycles. The average molecular weight is 247 g/mol. The van der Waals surface area contributed by atoms with Crippen LogP contribution in [0.5, 0.6) is 0 Å². The predicted octanol–water partition coefficient (Wildman–Crippen LogP) is 6.74. The van der Waals surface area contributed by atoms with E-state index in [1.807, 2.05) is 36.7 Å². The molecule has 1 rings (SSSR count). The summed E-state index contributed by atoms with van der Waals surface area (Å²) in [4.78, 5) is 0. The van der Waals surface area contributed by atoms with Crippen LogP contribution in [0.2, 0.25) is 0 Å². The molecule has 1 heteroatoms. The Balaban J connectivity index is -0.0000000616. The second kappa shape index (κ2) is 24.1. The molecule has 1 aromatic rings. The molecule has 0 aliphatic heterocycles. The van der Waals surface area contributed by atoms with Gasteiger partial charge in [0.2, 0.25) is 0 Å². The van der Waals surface area contributed by atoms with Gasteiger partial charge in [-0.25, -0.2) is 0 Å². The van der Waals surface area contributed by atoms with Crippen LogP contribution in [0.1, 0.15) is 62.8 Å². The molecule has 0 saturated heterocycles. The molecule has 0 spiro atoms. The van der Waals surface area contributed by atoms with Crippen molar-refractivity contribution in [1.82, 2.24) is 0 Å². The van der Waals surface area contributed by atoms with Crippen molar-refractivity contribution in [2.45, 2.75) is 62.8 Å². The number of thiophene rings is 1. The lowest BCUT2D eigenvalue weighted by molar-refractivity contribution is 0.736. The van der Waals surface area contributed by atoms with Crippen molar-refractivity contribution < 1.29 is 0 Å². The van der Waals surface area contributed by atoms with Gasteiger partial charge in [-0.1, -0.05) is 74.9 Å². The second-order valence-electron chi connectivity index (χ2n) is 4.26. The Hall–Kier alpha value is -0.300. The normalized spacial score (nSPS) is 7.38. The highest BCUT2D eigenvalue weighted by atomic mass is 32.1. The van der Waals surface area contributed by atoms with Crippen LogP contribution in [0.3, 0.4) is 0 Å². The van der Waals surface area contributed by atoms with Crippen molar-refractivity contribution >= 4 is 11.3 Å². The fourth-order valence-corrected chi connectivity index (χ4v) is 0.680. The Labute approximate surface area is 109 Å². The molecule has 0 fully saturated rings. The molecule has 0 amide bonds. The first-order valence-corrected chi connectivity index (χ1v) is 6.88. The van der Waals surface area contributed by atoms with Gasteiger partial charge >= 0.3 is 0 Å². The summed E-state index contributed by atoms with van der Waals surface area (Å²) < 4.78 is 0. The topological polar surface area (TPSA) is 0 Å². The first-order valence-electron chi connectivity index (χ1n) is 5.94. The third-order valence-electron chi connectivity index (χ3n) is 0.425. The van der Waals surface area contributed by atoms with Crippen molar-refractivity contribution in [3.05, 3.63) is 22.9 Å². The SMILES string of the molecule is C.CC.CC(C)C.CC(C)C.c1ccsc1. The van der Waals surface area contributed by atoms with E-state index in [-0.39, 0.29) is 7.43 Å². The smallest absolute Gasteiger partial charge is 0.00934 e. The van der Waals surface area contributed by atoms with Crippen LogP contribution in [0.15, 0.2) is 22.9 Å². The Bertz CT molecular complexity index is 112. The van der Waals surface area contributed by atoms with Crippen molar-refractivity contribution in [2.24, 2.45) is 11.8 Å². The highest BCUT2D eigenvalue weighted by molar-refractivity contribution is 7.07. The van der Waals surface area contributed by atoms with Crippen LogP contribution in [0.25, 0.3) is 0 Å². The molecular formula is C15H34S. The van der Waals surface area contributed by atoms with Gasteiger partial charge in [-0.3, -0.25) is 0 Å². The van der Waals surface area contributed by atoms with E-state index in [0.29, 0.717) is 0 Å². The zero-order valence-corrected chi connectivity index (χ0v) is 12.7. The summed E-state index contributed by atoms with van der Waals surface area (Å²) in [6, 6.07) is 4.04. The van der Waals surface area contributed by atoms with Gasteiger partial charge < -0.3 is 0 Å². The van der Waals surface area contributed by atoms with Gasteiger partial charge in [0.25, 0.3) is 0 Å². The minimum Gasteiger partial charge on any atom is -0.152 e. The zero-order chi connectivity index (χ0) is 12.7. The Morgan fingerprint density at radius 2 is 0.875 bits per heavy atom. The Kier molecular flexibility index (Phi) is 37.3. The lowest BCUT2D eigenvalue weighted by Crippen LogP contribution is -1.66. The lowest BCUT2D eigenvalue weighted by Gasteiger charge is -1.79. The Morgan fingerprint density at radius 3 is 0.938 bits per heavy atom. The molecule has 0 bridgehead atoms. The molecule has 0 nitrogen and oxygen atoms in total. The maximum absolute atomic E-state index is 2.17. The molecule has 0 unspecified atom stereocenters. The fourth-order valence-electron chi connectivity index (χ4n) is 0.227. The van der Waals surface area contributed by atoms with Crippen molar-refractivity contribution in [3.8, 4) is 0 Å². The second-order valence-corrected chi connectivity index (χ2v) is 5.07. The number of rotatable bonds is 0. The lowest BCUT2D eigenvalue weighted by atomic mass is 10.3. The summed E-state index contributed by atoms with van der Waals surface area (Å²) in [5, 5.41) is 4.08. The molecule has 0 N–H and O–H groups in total. The predicted molar refractivity (Wildman–Crippen MR) is 83.4 cm³/mol. The van der Waals surface area contributed by atoms with Crippen LogP contribution in [0.4, 0.5) is 0 Å². The minimum absolute atomic E-state index is 0. The molecule has 1 aromatic heterocycles. The number of hydrogen-bond acceptors (Lipinski definition) is 1. The summed E-state index contributed by atoms with van der Waals surface area (Å²) in [6.45, 7) is 17.0. The molecule has 0 atom stereocenters. The van der Waals surface area contributed by atoms with Crippen LogP contribution >= 0.6 is 11.3 Å². The van der Waals surface area contributed by atoms with Crippen LogP contribution in [-0.2, 0) is 0 Å². The van der Waals surface area contributed by atoms with Crippen LogP contribution in [-0.4, -0.2) is 0 Å². The standard InChI is InChI=1S/C4H4S.2C4H10.C2H6.CH4/c1-2-4-5-3-1;2*1-4(2)3;1-2;/h1-4H;2*4H,1-3H3;1-2H3;1H4. The summed E-state index contributed by atoms with van der Waals surface area (Å²) >= 11 is 1.71. The van der Waals surface area contributed by atoms with Gasteiger partial charge in [0.05, 0.1) is 0 Å². The molecule has 0 aliphatic carbocycles. The molecule has 0 saturated carbocycles. The zero-order valence-electron chi connectivity index (χ0n) is 11.9. The van der Waals surface area contributed by atoms with Crippen molar-refractivity contribution in [2.75, 3.05) is 0 Å². The summed E-state index contributed by atoms with van der Waals surface area (Å²) in [6.07, 6.45) is 0. The van der Waals surface area contributed by atoms with Crippen LogP contribution in [0, 0.1) is 11.8 Å². The van der Waals surface area contributed by atoms with E-state index in [0.717, 1.165) is 11.8 Å². The van der Waals surface area contributed by atoms with Gasteiger partial charge in [-0.2, -0.15) is 11.3 Å². The highest BCUT2D eigenvalue weighted by Gasteiger charge is 1.68. The third kappa shape index (κ3) is 100. The summed E-state index contributed by atoms with van der Waals surface area (Å²) in [7, 11) is 0. The van der Waals surface area contributed by atoms with Crippen LogP contribution < -0.4 is 0 Å². The first kappa shape index (κ1) is 24.8. The maximum Gasteiger partial charge on any atom is -0.00934 e. The summed E-state index contributed by atoms with van der Waals surface area (Å²) in [5.41, 5.74) is 0. The van der Waals surface area contributed by atoms with Crippen molar-refractivity contribution in [3.63, 3.8) is 0 Å². The Morgan fingerprint density at radius 1 is 0.688 bits per heavy atom. The molecule has 0 aliphatic rings. The highest BCUT2D eigenvalue weighted by Crippen LogP contribution is 1.91. The van der Waals surface area contributed by atoms with Gasteiger partial charge in [0.1, 0.15) is 0 Å². The molecule has 1 heterocycles. The maximum atomic E-state index is 2.17. The van der Waals surface area contributed by atoms with Gasteiger partial charge in [-0.15, -0.1) is 0 Å². The molecule has 100 valence electrons. The van der Waals surface area contributed by atoms with E-state index in [1.54, 1.807) is 11.3 Å². The first-order chi connectivity index (χ1) is 6.96. The third-order valence-corrected chi connectivity index (χ3v) is 1.05. The van der Waals surface area contributed by atoms with E-state index in [9.17, 15) is 0 Å². The van der Waals surface area contributed by atoms with E-state index in [2.05, 4.69) is 41.5 Å².